The van der Waals surface area contributed by atoms with Crippen LogP contribution < -0.4 is 5.32 Å². The molecular weight excluding hydrogens is 316 g/mol. The summed E-state index contributed by atoms with van der Waals surface area (Å²) >= 11 is 0. The molecule has 0 radical (unpaired) electrons. The van der Waals surface area contributed by atoms with Gasteiger partial charge in [0.25, 0.3) is 0 Å². The van der Waals surface area contributed by atoms with Gasteiger partial charge in [-0.1, -0.05) is 6.92 Å². The number of amides is 2. The Bertz CT molecular complexity index is 584. The van der Waals surface area contributed by atoms with Gasteiger partial charge in [-0.2, -0.15) is 5.10 Å². The van der Waals surface area contributed by atoms with Crippen LogP contribution in [0.2, 0.25) is 0 Å². The Kier molecular flexibility index (Phi) is 5.96. The molecule has 0 spiro atoms. The Morgan fingerprint density at radius 1 is 1.32 bits per heavy atom. The number of nitrogens with zero attached hydrogens (tertiary/aromatic N) is 5. The van der Waals surface area contributed by atoms with Crippen molar-refractivity contribution in [2.24, 2.45) is 5.92 Å². The maximum Gasteiger partial charge on any atom is 0.317 e. The van der Waals surface area contributed by atoms with Crippen LogP contribution in [0.1, 0.15) is 31.2 Å². The molecule has 1 N–H and O–H groups in total. The quantitative estimate of drug-likeness (QED) is 0.869. The Balaban J connectivity index is 1.52. The van der Waals surface area contributed by atoms with Crippen molar-refractivity contribution in [2.75, 3.05) is 46.8 Å². The number of hydrogen-bond donors (Lipinski definition) is 1. The molecular formula is C18H32N6O. The van der Waals surface area contributed by atoms with Crippen molar-refractivity contribution >= 4 is 6.03 Å². The minimum Gasteiger partial charge on any atom is -0.332 e. The predicted octanol–water partition coefficient (Wildman–Crippen LogP) is 1.20. The van der Waals surface area contributed by atoms with Gasteiger partial charge >= 0.3 is 6.03 Å². The van der Waals surface area contributed by atoms with Crippen molar-refractivity contribution in [1.82, 2.24) is 29.8 Å². The number of urea groups is 1. The summed E-state index contributed by atoms with van der Waals surface area (Å²) in [4.78, 5) is 18.3. The van der Waals surface area contributed by atoms with Crippen molar-refractivity contribution < 1.29 is 4.79 Å². The van der Waals surface area contributed by atoms with Crippen LogP contribution in [0.4, 0.5) is 4.79 Å². The van der Waals surface area contributed by atoms with Gasteiger partial charge in [0, 0.05) is 40.3 Å². The van der Waals surface area contributed by atoms with Gasteiger partial charge in [-0.3, -0.25) is 9.58 Å². The Morgan fingerprint density at radius 3 is 2.92 bits per heavy atom. The topological polar surface area (TPSA) is 56.6 Å². The molecule has 0 saturated carbocycles. The van der Waals surface area contributed by atoms with E-state index in [1.54, 1.807) is 19.0 Å². The van der Waals surface area contributed by atoms with Crippen LogP contribution in [0.25, 0.3) is 0 Å². The third-order valence-electron chi connectivity index (χ3n) is 5.32. The molecule has 3 heterocycles. The molecule has 7 heteroatoms. The molecule has 140 valence electrons. The lowest BCUT2D eigenvalue weighted by molar-refractivity contribution is 0.120. The van der Waals surface area contributed by atoms with Gasteiger partial charge in [-0.15, -0.1) is 0 Å². The zero-order chi connectivity index (χ0) is 17.8. The molecule has 25 heavy (non-hydrogen) atoms. The minimum atomic E-state index is -0.0784. The lowest BCUT2D eigenvalue weighted by Crippen LogP contribution is -2.43. The molecule has 2 aliphatic heterocycles. The van der Waals surface area contributed by atoms with Gasteiger partial charge < -0.3 is 15.1 Å². The first-order chi connectivity index (χ1) is 12.0. The van der Waals surface area contributed by atoms with E-state index in [0.29, 0.717) is 6.54 Å². The molecule has 1 atom stereocenters. The fourth-order valence-electron chi connectivity index (χ4n) is 3.90. The van der Waals surface area contributed by atoms with Crippen molar-refractivity contribution in [3.05, 3.63) is 17.5 Å². The van der Waals surface area contributed by atoms with E-state index in [1.807, 2.05) is 0 Å². The van der Waals surface area contributed by atoms with Gasteiger partial charge in [-0.05, 0) is 37.9 Å². The van der Waals surface area contributed by atoms with Crippen LogP contribution in [0.15, 0.2) is 6.07 Å². The maximum atomic E-state index is 11.7. The number of carbonyl (C=O) groups excluding carboxylic acids is 1. The first-order valence-corrected chi connectivity index (χ1v) is 9.50. The molecule has 0 aliphatic carbocycles. The second-order valence-corrected chi connectivity index (χ2v) is 7.54. The van der Waals surface area contributed by atoms with E-state index >= 15 is 0 Å². The molecule has 2 aliphatic rings. The van der Waals surface area contributed by atoms with Crippen LogP contribution in [0.5, 0.6) is 0 Å². The largest absolute Gasteiger partial charge is 0.332 e. The normalized spacial score (nSPS) is 21.8. The molecule has 0 aromatic carbocycles. The molecule has 7 nitrogen and oxygen atoms in total. The highest BCUT2D eigenvalue weighted by atomic mass is 16.2. The highest BCUT2D eigenvalue weighted by Crippen LogP contribution is 2.20. The monoisotopic (exact) mass is 348 g/mol. The molecule has 3 rings (SSSR count). The molecule has 1 aromatic rings. The highest BCUT2D eigenvalue weighted by molar-refractivity contribution is 5.73. The molecule has 1 aromatic heterocycles. The summed E-state index contributed by atoms with van der Waals surface area (Å²) in [5, 5.41) is 7.52. The second kappa shape index (κ2) is 8.19. The first-order valence-electron chi connectivity index (χ1n) is 9.50. The Labute approximate surface area is 150 Å². The first kappa shape index (κ1) is 18.2. The number of aromatic nitrogens is 2. The van der Waals surface area contributed by atoms with E-state index in [2.05, 4.69) is 37.9 Å². The van der Waals surface area contributed by atoms with E-state index in [4.69, 9.17) is 0 Å². The van der Waals surface area contributed by atoms with E-state index in [9.17, 15) is 4.79 Å². The van der Waals surface area contributed by atoms with E-state index in [-0.39, 0.29) is 6.03 Å². The summed E-state index contributed by atoms with van der Waals surface area (Å²) in [6, 6.07) is 2.06. The zero-order valence-electron chi connectivity index (χ0n) is 15.9. The molecule has 1 saturated heterocycles. The zero-order valence-corrected chi connectivity index (χ0v) is 15.9. The number of rotatable bonds is 5. The van der Waals surface area contributed by atoms with Crippen LogP contribution in [0, 0.1) is 5.92 Å². The minimum absolute atomic E-state index is 0.0784. The van der Waals surface area contributed by atoms with E-state index in [0.717, 1.165) is 31.2 Å². The molecule has 1 fully saturated rings. The summed E-state index contributed by atoms with van der Waals surface area (Å²) in [5.74, 6) is 0.794. The van der Waals surface area contributed by atoms with Crippen molar-refractivity contribution in [2.45, 2.75) is 39.4 Å². The van der Waals surface area contributed by atoms with Gasteiger partial charge in [0.15, 0.2) is 0 Å². The number of carbonyl (C=O) groups is 1. The number of piperidine rings is 1. The third-order valence-corrected chi connectivity index (χ3v) is 5.32. The summed E-state index contributed by atoms with van der Waals surface area (Å²) in [6.45, 7) is 10.6. The van der Waals surface area contributed by atoms with Crippen LogP contribution in [0.3, 0.4) is 0 Å². The lowest BCUT2D eigenvalue weighted by Gasteiger charge is -2.36. The average Bonchev–Trinajstić information content (AvgIpc) is 3.01. The third kappa shape index (κ3) is 4.73. The van der Waals surface area contributed by atoms with Gasteiger partial charge in [0.05, 0.1) is 24.5 Å². The van der Waals surface area contributed by atoms with Crippen molar-refractivity contribution in [3.8, 4) is 0 Å². The molecule has 2 amide bonds. The summed E-state index contributed by atoms with van der Waals surface area (Å²) in [6.07, 6.45) is 2.69. The van der Waals surface area contributed by atoms with E-state index in [1.165, 1.54) is 44.7 Å². The number of fused-ring (bicyclic) bond motifs is 1. The van der Waals surface area contributed by atoms with Crippen molar-refractivity contribution in [1.29, 1.82) is 0 Å². The van der Waals surface area contributed by atoms with Gasteiger partial charge in [-0.25, -0.2) is 4.79 Å². The summed E-state index contributed by atoms with van der Waals surface area (Å²) in [5.41, 5.74) is 2.21. The number of hydrogen-bond acceptors (Lipinski definition) is 4. The standard InChI is InChI=1S/C18H32N6O/c1-4-22-7-5-6-15(12-22)13-23-8-9-24-17(14-23)10-16(20-24)11-19-18(25)21(2)3/h10,15H,4-9,11-14H2,1-3H3,(H,19,25)/t15-/m1/s1. The smallest absolute Gasteiger partial charge is 0.317 e. The van der Waals surface area contributed by atoms with Crippen LogP contribution in [-0.2, 0) is 19.6 Å². The van der Waals surface area contributed by atoms with Gasteiger partial charge in [0.2, 0.25) is 0 Å². The predicted molar refractivity (Wildman–Crippen MR) is 98.3 cm³/mol. The summed E-state index contributed by atoms with van der Waals surface area (Å²) in [7, 11) is 3.49. The number of likely N-dealkylation sites (tertiary alicyclic amines) is 1. The summed E-state index contributed by atoms with van der Waals surface area (Å²) < 4.78 is 2.10. The highest BCUT2D eigenvalue weighted by Gasteiger charge is 2.24. The SMILES string of the molecule is CCN1CCC[C@@H](CN2CCn3nc(CNC(=O)N(C)C)cc3C2)C1. The maximum absolute atomic E-state index is 11.7. The second-order valence-electron chi connectivity index (χ2n) is 7.54. The lowest BCUT2D eigenvalue weighted by atomic mass is 9.97. The van der Waals surface area contributed by atoms with Crippen LogP contribution in [-0.4, -0.2) is 77.3 Å². The van der Waals surface area contributed by atoms with Crippen molar-refractivity contribution in [3.63, 3.8) is 0 Å². The Morgan fingerprint density at radius 2 is 2.16 bits per heavy atom. The van der Waals surface area contributed by atoms with Crippen LogP contribution >= 0.6 is 0 Å². The average molecular weight is 348 g/mol. The fourth-order valence-corrected chi connectivity index (χ4v) is 3.90. The van der Waals surface area contributed by atoms with Gasteiger partial charge in [0.1, 0.15) is 0 Å². The Hall–Kier alpha value is -1.60. The number of nitrogens with one attached hydrogen (secondary N) is 1. The molecule has 0 unspecified atom stereocenters. The fraction of sp³-hybridized carbons (Fsp3) is 0.778. The van der Waals surface area contributed by atoms with E-state index < -0.39 is 0 Å². The molecule has 0 bridgehead atoms.